The van der Waals surface area contributed by atoms with Crippen LogP contribution in [-0.4, -0.2) is 5.11 Å². The summed E-state index contributed by atoms with van der Waals surface area (Å²) in [5.74, 6) is -1.35. The zero-order chi connectivity index (χ0) is 13.6. The third-order valence-electron chi connectivity index (χ3n) is 3.94. The highest BCUT2D eigenvalue weighted by Crippen LogP contribution is 2.46. The molecule has 0 radical (unpaired) electrons. The molecule has 1 saturated carbocycles. The molecule has 1 aromatic rings. The van der Waals surface area contributed by atoms with Gasteiger partial charge in [0.2, 0.25) is 0 Å². The molecular formula is C14H17BrF2O. The van der Waals surface area contributed by atoms with Crippen molar-refractivity contribution < 1.29 is 13.9 Å². The van der Waals surface area contributed by atoms with E-state index in [1.165, 1.54) is 12.1 Å². The lowest BCUT2D eigenvalue weighted by atomic mass is 9.68. The SMILES string of the molecule is CC1(C)CCC(O)(c2c(F)ccc(Br)c2F)CC1. The highest BCUT2D eigenvalue weighted by atomic mass is 79.9. The van der Waals surface area contributed by atoms with E-state index in [4.69, 9.17) is 0 Å². The molecule has 0 aliphatic heterocycles. The van der Waals surface area contributed by atoms with E-state index in [1.54, 1.807) is 0 Å². The van der Waals surface area contributed by atoms with Crippen molar-refractivity contribution in [3.05, 3.63) is 33.8 Å². The molecule has 0 spiro atoms. The molecular weight excluding hydrogens is 302 g/mol. The molecule has 0 atom stereocenters. The first-order chi connectivity index (χ1) is 8.25. The Morgan fingerprint density at radius 1 is 1.11 bits per heavy atom. The van der Waals surface area contributed by atoms with Crippen LogP contribution in [0.15, 0.2) is 16.6 Å². The van der Waals surface area contributed by atoms with Crippen LogP contribution < -0.4 is 0 Å². The maximum absolute atomic E-state index is 14.0. The maximum atomic E-state index is 14.0. The molecule has 1 nitrogen and oxygen atoms in total. The summed E-state index contributed by atoms with van der Waals surface area (Å²) in [6.07, 6.45) is 2.30. The molecule has 1 aliphatic rings. The van der Waals surface area contributed by atoms with Crippen molar-refractivity contribution >= 4 is 15.9 Å². The van der Waals surface area contributed by atoms with Crippen LogP contribution in [0, 0.1) is 17.0 Å². The number of benzene rings is 1. The van der Waals surface area contributed by atoms with Crippen LogP contribution in [0.4, 0.5) is 8.78 Å². The minimum absolute atomic E-state index is 0.130. The van der Waals surface area contributed by atoms with Crippen LogP contribution in [-0.2, 0) is 5.60 Å². The van der Waals surface area contributed by atoms with Gasteiger partial charge in [-0.15, -0.1) is 0 Å². The molecule has 4 heteroatoms. The average molecular weight is 319 g/mol. The molecule has 0 bridgehead atoms. The predicted molar refractivity (Wildman–Crippen MR) is 70.2 cm³/mol. The largest absolute Gasteiger partial charge is 0.385 e. The first-order valence-electron chi connectivity index (χ1n) is 6.12. The van der Waals surface area contributed by atoms with Gasteiger partial charge in [-0.2, -0.15) is 0 Å². The quantitative estimate of drug-likeness (QED) is 0.755. The van der Waals surface area contributed by atoms with Crippen molar-refractivity contribution in [2.75, 3.05) is 0 Å². The zero-order valence-electron chi connectivity index (χ0n) is 10.6. The summed E-state index contributed by atoms with van der Waals surface area (Å²) in [7, 11) is 0. The van der Waals surface area contributed by atoms with Gasteiger partial charge in [0.1, 0.15) is 11.6 Å². The third-order valence-corrected chi connectivity index (χ3v) is 4.55. The lowest BCUT2D eigenvalue weighted by Crippen LogP contribution is -2.36. The smallest absolute Gasteiger partial charge is 0.146 e. The standard InChI is InChI=1S/C14H17BrF2O/c1-13(2)5-7-14(18,8-6-13)11-10(16)4-3-9(15)12(11)17/h3-4,18H,5-8H2,1-2H3. The lowest BCUT2D eigenvalue weighted by molar-refractivity contribution is -0.0359. The summed E-state index contributed by atoms with van der Waals surface area (Å²) in [5.41, 5.74) is -1.44. The van der Waals surface area contributed by atoms with Crippen molar-refractivity contribution in [2.24, 2.45) is 5.41 Å². The number of halogens is 3. The van der Waals surface area contributed by atoms with Gasteiger partial charge in [0.25, 0.3) is 0 Å². The second-order valence-electron chi connectivity index (χ2n) is 5.91. The Morgan fingerprint density at radius 2 is 1.67 bits per heavy atom. The van der Waals surface area contributed by atoms with E-state index < -0.39 is 17.2 Å². The van der Waals surface area contributed by atoms with E-state index in [9.17, 15) is 13.9 Å². The van der Waals surface area contributed by atoms with E-state index in [0.717, 1.165) is 12.8 Å². The van der Waals surface area contributed by atoms with E-state index in [-0.39, 0.29) is 15.5 Å². The fourth-order valence-corrected chi connectivity index (χ4v) is 2.87. The molecule has 1 aliphatic carbocycles. The van der Waals surface area contributed by atoms with Crippen LogP contribution >= 0.6 is 15.9 Å². The van der Waals surface area contributed by atoms with Crippen LogP contribution in [0.3, 0.4) is 0 Å². The Kier molecular flexibility index (Phi) is 3.54. The Balaban J connectivity index is 2.40. The van der Waals surface area contributed by atoms with Gasteiger partial charge in [0.15, 0.2) is 0 Å². The third kappa shape index (κ3) is 2.45. The Bertz CT molecular complexity index is 461. The Morgan fingerprint density at radius 3 is 2.22 bits per heavy atom. The molecule has 18 heavy (non-hydrogen) atoms. The highest BCUT2D eigenvalue weighted by Gasteiger charge is 2.41. The summed E-state index contributed by atoms with van der Waals surface area (Å²) in [6, 6.07) is 2.52. The van der Waals surface area contributed by atoms with Gasteiger partial charge in [-0.25, -0.2) is 8.78 Å². The normalized spacial score (nSPS) is 21.9. The molecule has 1 N–H and O–H groups in total. The van der Waals surface area contributed by atoms with Crippen LogP contribution in [0.5, 0.6) is 0 Å². The zero-order valence-corrected chi connectivity index (χ0v) is 12.2. The van der Waals surface area contributed by atoms with Crippen molar-refractivity contribution in [1.82, 2.24) is 0 Å². The minimum Gasteiger partial charge on any atom is -0.385 e. The molecule has 0 saturated heterocycles. The maximum Gasteiger partial charge on any atom is 0.146 e. The number of hydrogen-bond donors (Lipinski definition) is 1. The van der Waals surface area contributed by atoms with Crippen molar-refractivity contribution in [3.8, 4) is 0 Å². The second kappa shape index (κ2) is 4.57. The predicted octanol–water partition coefficient (Wildman–Crippen LogP) is 4.52. The summed E-state index contributed by atoms with van der Waals surface area (Å²) in [5, 5.41) is 10.6. The summed E-state index contributed by atoms with van der Waals surface area (Å²) in [6.45, 7) is 4.22. The van der Waals surface area contributed by atoms with Gasteiger partial charge in [-0.1, -0.05) is 13.8 Å². The lowest BCUT2D eigenvalue weighted by Gasteiger charge is -2.40. The average Bonchev–Trinajstić information content (AvgIpc) is 2.29. The molecule has 0 aromatic heterocycles. The number of rotatable bonds is 1. The van der Waals surface area contributed by atoms with E-state index in [2.05, 4.69) is 29.8 Å². The van der Waals surface area contributed by atoms with Crippen molar-refractivity contribution in [1.29, 1.82) is 0 Å². The topological polar surface area (TPSA) is 20.2 Å². The van der Waals surface area contributed by atoms with Gasteiger partial charge < -0.3 is 5.11 Å². The second-order valence-corrected chi connectivity index (χ2v) is 6.77. The fraction of sp³-hybridized carbons (Fsp3) is 0.571. The minimum atomic E-state index is -1.38. The van der Waals surface area contributed by atoms with Crippen LogP contribution in [0.2, 0.25) is 0 Å². The van der Waals surface area contributed by atoms with Gasteiger partial charge >= 0.3 is 0 Å². The molecule has 1 aromatic carbocycles. The Labute approximate surface area is 114 Å². The van der Waals surface area contributed by atoms with Gasteiger partial charge in [0, 0.05) is 0 Å². The molecule has 0 unspecified atom stereocenters. The highest BCUT2D eigenvalue weighted by molar-refractivity contribution is 9.10. The number of aliphatic hydroxyl groups is 1. The first kappa shape index (κ1) is 13.9. The monoisotopic (exact) mass is 318 g/mol. The van der Waals surface area contributed by atoms with Crippen molar-refractivity contribution in [2.45, 2.75) is 45.1 Å². The van der Waals surface area contributed by atoms with Crippen molar-refractivity contribution in [3.63, 3.8) is 0 Å². The van der Waals surface area contributed by atoms with Gasteiger partial charge in [-0.05, 0) is 59.2 Å². The summed E-state index contributed by atoms with van der Waals surface area (Å²) < 4.78 is 28.1. The fourth-order valence-electron chi connectivity index (χ4n) is 2.54. The Hall–Kier alpha value is -0.480. The van der Waals surface area contributed by atoms with E-state index in [1.807, 2.05) is 0 Å². The van der Waals surface area contributed by atoms with E-state index >= 15 is 0 Å². The summed E-state index contributed by atoms with van der Waals surface area (Å²) >= 11 is 3.04. The summed E-state index contributed by atoms with van der Waals surface area (Å²) in [4.78, 5) is 0. The first-order valence-corrected chi connectivity index (χ1v) is 6.91. The van der Waals surface area contributed by atoms with Crippen LogP contribution in [0.1, 0.15) is 45.1 Å². The van der Waals surface area contributed by atoms with E-state index in [0.29, 0.717) is 12.8 Å². The molecule has 100 valence electrons. The van der Waals surface area contributed by atoms with Crippen LogP contribution in [0.25, 0.3) is 0 Å². The van der Waals surface area contributed by atoms with Gasteiger partial charge in [-0.3, -0.25) is 0 Å². The molecule has 0 heterocycles. The van der Waals surface area contributed by atoms with Gasteiger partial charge in [0.05, 0.1) is 15.6 Å². The number of hydrogen-bond acceptors (Lipinski definition) is 1. The molecule has 2 rings (SSSR count). The molecule has 1 fully saturated rings. The molecule has 0 amide bonds.